The van der Waals surface area contributed by atoms with Gasteiger partial charge in [0.15, 0.2) is 0 Å². The Bertz CT molecular complexity index is 240. The van der Waals surface area contributed by atoms with Gasteiger partial charge in [0.1, 0.15) is 0 Å². The summed E-state index contributed by atoms with van der Waals surface area (Å²) in [7, 11) is 0. The van der Waals surface area contributed by atoms with Crippen molar-refractivity contribution in [2.24, 2.45) is 23.0 Å². The summed E-state index contributed by atoms with van der Waals surface area (Å²) in [5, 5.41) is 3.07. The average molecular weight is 263 g/mol. The van der Waals surface area contributed by atoms with Gasteiger partial charge in [-0.15, -0.1) is 12.4 Å². The standard InChI is InChI=1S/C13H26N2O.ClH/c1-9(13(2,3)4)7-12(16)15-11(8-14)10-5-6-10;/h9-11H,5-8,14H2,1-4H3,(H,15,16);1H. The van der Waals surface area contributed by atoms with E-state index in [-0.39, 0.29) is 29.8 Å². The molecule has 0 spiro atoms. The fraction of sp³-hybridized carbons (Fsp3) is 0.923. The van der Waals surface area contributed by atoms with Gasteiger partial charge in [0.25, 0.3) is 0 Å². The molecule has 0 saturated heterocycles. The first-order valence-electron chi connectivity index (χ1n) is 6.34. The molecule has 0 aliphatic heterocycles. The van der Waals surface area contributed by atoms with E-state index in [1.54, 1.807) is 0 Å². The van der Waals surface area contributed by atoms with Gasteiger partial charge in [-0.25, -0.2) is 0 Å². The highest BCUT2D eigenvalue weighted by molar-refractivity contribution is 5.85. The van der Waals surface area contributed by atoms with Crippen molar-refractivity contribution in [1.29, 1.82) is 0 Å². The number of rotatable bonds is 5. The minimum atomic E-state index is 0. The van der Waals surface area contributed by atoms with Gasteiger partial charge in [0, 0.05) is 19.0 Å². The van der Waals surface area contributed by atoms with Gasteiger partial charge < -0.3 is 11.1 Å². The summed E-state index contributed by atoms with van der Waals surface area (Å²) in [6, 6.07) is 0.208. The molecule has 1 saturated carbocycles. The maximum absolute atomic E-state index is 11.8. The summed E-state index contributed by atoms with van der Waals surface area (Å²) in [5.41, 5.74) is 5.85. The highest BCUT2D eigenvalue weighted by Crippen LogP contribution is 2.32. The Balaban J connectivity index is 0.00000256. The Morgan fingerprint density at radius 1 is 1.41 bits per heavy atom. The van der Waals surface area contributed by atoms with Crippen LogP contribution in [0.4, 0.5) is 0 Å². The molecule has 0 bridgehead atoms. The second-order valence-corrected chi connectivity index (χ2v) is 6.22. The van der Waals surface area contributed by atoms with E-state index in [2.05, 4.69) is 33.0 Å². The van der Waals surface area contributed by atoms with Crippen LogP contribution in [-0.4, -0.2) is 18.5 Å². The third-order valence-corrected chi connectivity index (χ3v) is 3.76. The summed E-state index contributed by atoms with van der Waals surface area (Å²) < 4.78 is 0. The number of hydrogen-bond donors (Lipinski definition) is 2. The van der Waals surface area contributed by atoms with Gasteiger partial charge in [-0.1, -0.05) is 27.7 Å². The van der Waals surface area contributed by atoms with E-state index in [0.717, 1.165) is 0 Å². The first-order valence-corrected chi connectivity index (χ1v) is 6.34. The van der Waals surface area contributed by atoms with Crippen LogP contribution >= 0.6 is 12.4 Å². The molecule has 2 unspecified atom stereocenters. The van der Waals surface area contributed by atoms with Gasteiger partial charge >= 0.3 is 0 Å². The number of halogens is 1. The predicted molar refractivity (Wildman–Crippen MR) is 74.2 cm³/mol. The molecule has 1 aliphatic rings. The summed E-state index contributed by atoms with van der Waals surface area (Å²) in [4.78, 5) is 11.8. The molecule has 3 nitrogen and oxygen atoms in total. The van der Waals surface area contributed by atoms with Crippen LogP contribution in [0.15, 0.2) is 0 Å². The van der Waals surface area contributed by atoms with Gasteiger partial charge in [-0.05, 0) is 30.1 Å². The Hall–Kier alpha value is -0.280. The van der Waals surface area contributed by atoms with Gasteiger partial charge in [-0.3, -0.25) is 4.79 Å². The van der Waals surface area contributed by atoms with E-state index in [4.69, 9.17) is 5.73 Å². The number of hydrogen-bond acceptors (Lipinski definition) is 2. The zero-order chi connectivity index (χ0) is 12.3. The topological polar surface area (TPSA) is 55.1 Å². The van der Waals surface area contributed by atoms with E-state index in [9.17, 15) is 4.79 Å². The molecule has 1 fully saturated rings. The molecule has 0 aromatic rings. The second-order valence-electron chi connectivity index (χ2n) is 6.22. The van der Waals surface area contributed by atoms with Gasteiger partial charge in [0.2, 0.25) is 5.91 Å². The molecule has 4 heteroatoms. The van der Waals surface area contributed by atoms with Crippen molar-refractivity contribution < 1.29 is 4.79 Å². The van der Waals surface area contributed by atoms with E-state index in [1.165, 1.54) is 12.8 Å². The zero-order valence-corrected chi connectivity index (χ0v) is 12.3. The number of nitrogens with one attached hydrogen (secondary N) is 1. The fourth-order valence-electron chi connectivity index (χ4n) is 1.72. The van der Waals surface area contributed by atoms with Crippen molar-refractivity contribution in [1.82, 2.24) is 5.32 Å². The number of nitrogens with two attached hydrogens (primary N) is 1. The highest BCUT2D eigenvalue weighted by atomic mass is 35.5. The lowest BCUT2D eigenvalue weighted by molar-refractivity contribution is -0.123. The Morgan fingerprint density at radius 3 is 2.29 bits per heavy atom. The first-order chi connectivity index (χ1) is 7.34. The summed E-state index contributed by atoms with van der Waals surface area (Å²) in [6.07, 6.45) is 3.04. The lowest BCUT2D eigenvalue weighted by atomic mass is 9.80. The van der Waals surface area contributed by atoms with E-state index in [1.807, 2.05) is 0 Å². The molecule has 1 rings (SSSR count). The molecule has 102 valence electrons. The number of amides is 1. The van der Waals surface area contributed by atoms with Crippen molar-refractivity contribution in [3.05, 3.63) is 0 Å². The van der Waals surface area contributed by atoms with Gasteiger partial charge in [0.05, 0.1) is 0 Å². The maximum Gasteiger partial charge on any atom is 0.220 e. The molecule has 2 atom stereocenters. The van der Waals surface area contributed by atoms with E-state index < -0.39 is 0 Å². The fourth-order valence-corrected chi connectivity index (χ4v) is 1.72. The molecule has 1 amide bonds. The average Bonchev–Trinajstić information content (AvgIpc) is 2.95. The van der Waals surface area contributed by atoms with E-state index in [0.29, 0.717) is 24.8 Å². The minimum Gasteiger partial charge on any atom is -0.352 e. The van der Waals surface area contributed by atoms with Crippen LogP contribution < -0.4 is 11.1 Å². The van der Waals surface area contributed by atoms with Crippen LogP contribution in [0.5, 0.6) is 0 Å². The monoisotopic (exact) mass is 262 g/mol. The molecule has 0 heterocycles. The summed E-state index contributed by atoms with van der Waals surface area (Å²) in [5.74, 6) is 1.19. The zero-order valence-electron chi connectivity index (χ0n) is 11.5. The third kappa shape index (κ3) is 5.73. The Kier molecular flexibility index (Phi) is 6.49. The van der Waals surface area contributed by atoms with Crippen LogP contribution in [0, 0.1) is 17.3 Å². The molecule has 17 heavy (non-hydrogen) atoms. The van der Waals surface area contributed by atoms with E-state index >= 15 is 0 Å². The lowest BCUT2D eigenvalue weighted by Gasteiger charge is -2.27. The second kappa shape index (κ2) is 6.60. The van der Waals surface area contributed by atoms with Crippen molar-refractivity contribution in [3.63, 3.8) is 0 Å². The normalized spacial score (nSPS) is 19.1. The predicted octanol–water partition coefficient (Wildman–Crippen LogP) is 2.33. The summed E-state index contributed by atoms with van der Waals surface area (Å²) >= 11 is 0. The molecule has 0 aromatic carbocycles. The lowest BCUT2D eigenvalue weighted by Crippen LogP contribution is -2.42. The number of carbonyl (C=O) groups is 1. The molecule has 0 aromatic heterocycles. The van der Waals surface area contributed by atoms with Crippen molar-refractivity contribution >= 4 is 18.3 Å². The Labute approximate surface area is 111 Å². The molecular weight excluding hydrogens is 236 g/mol. The first kappa shape index (κ1) is 16.7. The van der Waals surface area contributed by atoms with Crippen LogP contribution in [0.1, 0.15) is 47.0 Å². The molecule has 0 radical (unpaired) electrons. The largest absolute Gasteiger partial charge is 0.352 e. The maximum atomic E-state index is 11.8. The SMILES string of the molecule is CC(CC(=O)NC(CN)C1CC1)C(C)(C)C.Cl. The van der Waals surface area contributed by atoms with Crippen LogP contribution in [0.25, 0.3) is 0 Å². The third-order valence-electron chi connectivity index (χ3n) is 3.76. The minimum absolute atomic E-state index is 0. The quantitative estimate of drug-likeness (QED) is 0.799. The Morgan fingerprint density at radius 2 is 1.94 bits per heavy atom. The van der Waals surface area contributed by atoms with Crippen LogP contribution in [-0.2, 0) is 4.79 Å². The van der Waals surface area contributed by atoms with Crippen molar-refractivity contribution in [2.75, 3.05) is 6.54 Å². The van der Waals surface area contributed by atoms with Crippen LogP contribution in [0.2, 0.25) is 0 Å². The van der Waals surface area contributed by atoms with Crippen LogP contribution in [0.3, 0.4) is 0 Å². The highest BCUT2D eigenvalue weighted by Gasteiger charge is 2.32. The smallest absolute Gasteiger partial charge is 0.220 e. The molecular formula is C13H27ClN2O. The molecule has 1 aliphatic carbocycles. The van der Waals surface area contributed by atoms with Crippen molar-refractivity contribution in [3.8, 4) is 0 Å². The summed E-state index contributed by atoms with van der Waals surface area (Å²) in [6.45, 7) is 9.22. The van der Waals surface area contributed by atoms with Crippen molar-refractivity contribution in [2.45, 2.75) is 53.0 Å². The number of carbonyl (C=O) groups excluding carboxylic acids is 1. The molecule has 3 N–H and O–H groups in total. The van der Waals surface area contributed by atoms with Gasteiger partial charge in [-0.2, -0.15) is 0 Å².